The third kappa shape index (κ3) is 3.44. The average Bonchev–Trinajstić information content (AvgIpc) is 3.28. The summed E-state index contributed by atoms with van der Waals surface area (Å²) in [6.45, 7) is 0. The number of nitrogen functional groups attached to an aromatic ring is 1. The van der Waals surface area contributed by atoms with Crippen molar-refractivity contribution in [3.05, 3.63) is 71.3 Å². The van der Waals surface area contributed by atoms with Crippen molar-refractivity contribution in [1.29, 1.82) is 0 Å². The van der Waals surface area contributed by atoms with Crippen LogP contribution in [-0.4, -0.2) is 14.9 Å². The minimum atomic E-state index is -4.76. The van der Waals surface area contributed by atoms with Crippen LogP contribution in [0, 0.1) is 5.82 Å². The molecule has 0 amide bonds. The molecule has 4 aromatic rings. The van der Waals surface area contributed by atoms with Gasteiger partial charge in [0.15, 0.2) is 11.5 Å². The Morgan fingerprint density at radius 3 is 2.52 bits per heavy atom. The molecule has 0 spiro atoms. The number of alkyl halides is 3. The van der Waals surface area contributed by atoms with Crippen molar-refractivity contribution in [2.75, 3.05) is 5.73 Å². The van der Waals surface area contributed by atoms with E-state index in [1.54, 1.807) is 6.07 Å². The van der Waals surface area contributed by atoms with E-state index >= 15 is 0 Å². The number of halogens is 5. The minimum Gasteiger partial charge on any atom is -0.399 e. The molecule has 5 nitrogen and oxygen atoms in total. The number of hydrogen-bond acceptors (Lipinski definition) is 4. The first kappa shape index (κ1) is 19.0. The lowest BCUT2D eigenvalue weighted by Gasteiger charge is -2.12. The lowest BCUT2D eigenvalue weighted by molar-refractivity contribution is -0.142. The van der Waals surface area contributed by atoms with Gasteiger partial charge in [0.25, 0.3) is 0 Å². The van der Waals surface area contributed by atoms with E-state index in [4.69, 9.17) is 21.9 Å². The molecular weight excluding hydrogens is 412 g/mol. The Hall–Kier alpha value is -3.33. The molecule has 2 aromatic carbocycles. The molecule has 0 aliphatic carbocycles. The van der Waals surface area contributed by atoms with E-state index in [2.05, 4.69) is 10.3 Å². The number of rotatable bonds is 3. The number of hydrogen-bond donors (Lipinski definition) is 1. The summed E-state index contributed by atoms with van der Waals surface area (Å²) in [4.78, 5) is 0. The lowest BCUT2D eigenvalue weighted by atomic mass is 10.1. The van der Waals surface area contributed by atoms with E-state index < -0.39 is 17.7 Å². The molecule has 0 radical (unpaired) electrons. The zero-order valence-electron chi connectivity index (χ0n) is 14.4. The molecule has 0 bridgehead atoms. The molecular formula is C19H11ClF4N4O. The first-order valence-electron chi connectivity index (χ1n) is 8.18. The van der Waals surface area contributed by atoms with E-state index in [1.807, 2.05) is 0 Å². The molecule has 29 heavy (non-hydrogen) atoms. The Morgan fingerprint density at radius 2 is 1.83 bits per heavy atom. The fraction of sp³-hybridized carbons (Fsp3) is 0.0526. The Morgan fingerprint density at radius 1 is 1.07 bits per heavy atom. The van der Waals surface area contributed by atoms with Crippen molar-refractivity contribution < 1.29 is 22.1 Å². The maximum absolute atomic E-state index is 14.1. The summed E-state index contributed by atoms with van der Waals surface area (Å²) in [5.74, 6) is -0.911. The molecule has 2 aromatic heterocycles. The quantitative estimate of drug-likeness (QED) is 0.345. The molecule has 0 saturated heterocycles. The topological polar surface area (TPSA) is 69.9 Å². The van der Waals surface area contributed by atoms with Crippen molar-refractivity contribution in [2.45, 2.75) is 6.18 Å². The second-order valence-corrected chi connectivity index (χ2v) is 6.49. The predicted molar refractivity (Wildman–Crippen MR) is 98.9 cm³/mol. The fourth-order valence-corrected chi connectivity index (χ4v) is 3.18. The molecule has 4 rings (SSSR count). The van der Waals surface area contributed by atoms with Gasteiger partial charge in [-0.1, -0.05) is 28.9 Å². The van der Waals surface area contributed by atoms with Crippen LogP contribution in [0.4, 0.5) is 23.2 Å². The molecule has 0 aliphatic heterocycles. The van der Waals surface area contributed by atoms with E-state index in [1.165, 1.54) is 36.4 Å². The summed E-state index contributed by atoms with van der Waals surface area (Å²) in [5, 5.41) is 7.57. The van der Waals surface area contributed by atoms with Gasteiger partial charge in [0, 0.05) is 11.8 Å². The van der Waals surface area contributed by atoms with Gasteiger partial charge in [-0.25, -0.2) is 9.07 Å². The summed E-state index contributed by atoms with van der Waals surface area (Å²) in [5.41, 5.74) is 4.54. The van der Waals surface area contributed by atoms with E-state index in [0.717, 1.165) is 12.3 Å². The SMILES string of the molecule is Nc1cccc(-n2ncc(-c3cc(-c4c(F)cccc4Cl)no3)c2C(F)(F)F)c1. The van der Waals surface area contributed by atoms with Crippen LogP contribution in [0.2, 0.25) is 5.02 Å². The van der Waals surface area contributed by atoms with Crippen molar-refractivity contribution in [2.24, 2.45) is 0 Å². The number of nitrogens with two attached hydrogens (primary N) is 1. The Labute approximate surface area is 166 Å². The molecule has 2 heterocycles. The van der Waals surface area contributed by atoms with Gasteiger partial charge in [-0.15, -0.1) is 0 Å². The smallest absolute Gasteiger partial charge is 0.399 e. The van der Waals surface area contributed by atoms with Crippen molar-refractivity contribution in [3.63, 3.8) is 0 Å². The zero-order chi connectivity index (χ0) is 20.8. The van der Waals surface area contributed by atoms with Crippen molar-refractivity contribution >= 4 is 17.3 Å². The van der Waals surface area contributed by atoms with Gasteiger partial charge in [0.2, 0.25) is 0 Å². The summed E-state index contributed by atoms with van der Waals surface area (Å²) in [7, 11) is 0. The number of nitrogens with zero attached hydrogens (tertiary/aromatic N) is 3. The lowest BCUT2D eigenvalue weighted by Crippen LogP contribution is -2.14. The summed E-state index contributed by atoms with van der Waals surface area (Å²) in [6, 6.07) is 11.0. The maximum Gasteiger partial charge on any atom is 0.434 e. The van der Waals surface area contributed by atoms with Crippen molar-refractivity contribution in [3.8, 4) is 28.3 Å². The maximum atomic E-state index is 14.1. The number of benzene rings is 2. The van der Waals surface area contributed by atoms with Crippen LogP contribution >= 0.6 is 11.6 Å². The van der Waals surface area contributed by atoms with Crippen LogP contribution < -0.4 is 5.73 Å². The molecule has 0 atom stereocenters. The highest BCUT2D eigenvalue weighted by atomic mass is 35.5. The van der Waals surface area contributed by atoms with Crippen molar-refractivity contribution in [1.82, 2.24) is 14.9 Å². The van der Waals surface area contributed by atoms with E-state index in [-0.39, 0.29) is 39.0 Å². The van der Waals surface area contributed by atoms with E-state index in [0.29, 0.717) is 4.68 Å². The van der Waals surface area contributed by atoms with Crippen LogP contribution in [-0.2, 0) is 6.18 Å². The second-order valence-electron chi connectivity index (χ2n) is 6.08. The third-order valence-electron chi connectivity index (χ3n) is 4.15. The van der Waals surface area contributed by atoms with Crippen LogP contribution in [0.5, 0.6) is 0 Å². The molecule has 0 aliphatic rings. The van der Waals surface area contributed by atoms with Crippen LogP contribution in [0.15, 0.2) is 59.3 Å². The van der Waals surface area contributed by atoms with Gasteiger partial charge in [-0.2, -0.15) is 18.3 Å². The van der Waals surface area contributed by atoms with Gasteiger partial charge < -0.3 is 10.3 Å². The summed E-state index contributed by atoms with van der Waals surface area (Å²) < 4.78 is 61.4. The Kier molecular flexibility index (Phi) is 4.54. The van der Waals surface area contributed by atoms with Crippen LogP contribution in [0.1, 0.15) is 5.69 Å². The zero-order valence-corrected chi connectivity index (χ0v) is 15.2. The highest BCUT2D eigenvalue weighted by Crippen LogP contribution is 2.40. The van der Waals surface area contributed by atoms with Gasteiger partial charge in [-0.05, 0) is 30.3 Å². The van der Waals surface area contributed by atoms with Gasteiger partial charge in [-0.3, -0.25) is 0 Å². The van der Waals surface area contributed by atoms with Gasteiger partial charge in [0.1, 0.15) is 11.5 Å². The summed E-state index contributed by atoms with van der Waals surface area (Å²) >= 11 is 5.99. The predicted octanol–water partition coefficient (Wildman–Crippen LogP) is 5.59. The largest absolute Gasteiger partial charge is 0.434 e. The standard InChI is InChI=1S/C19H11ClF4N4O/c20-13-5-2-6-14(21)17(13)15-8-16(29-27-15)12-9-26-28(18(12)19(22,23)24)11-4-1-3-10(25)7-11/h1-9H,25H2. The van der Waals surface area contributed by atoms with E-state index in [9.17, 15) is 17.6 Å². The first-order chi connectivity index (χ1) is 13.8. The monoisotopic (exact) mass is 422 g/mol. The second kappa shape index (κ2) is 6.93. The fourth-order valence-electron chi connectivity index (χ4n) is 2.92. The van der Waals surface area contributed by atoms with Crippen LogP contribution in [0.3, 0.4) is 0 Å². The first-order valence-corrected chi connectivity index (χ1v) is 8.56. The molecule has 0 fully saturated rings. The van der Waals surface area contributed by atoms with Gasteiger partial charge >= 0.3 is 6.18 Å². The molecule has 0 saturated carbocycles. The summed E-state index contributed by atoms with van der Waals surface area (Å²) in [6.07, 6.45) is -3.77. The third-order valence-corrected chi connectivity index (χ3v) is 4.46. The average molecular weight is 423 g/mol. The molecule has 0 unspecified atom stereocenters. The Balaban J connectivity index is 1.86. The number of anilines is 1. The van der Waals surface area contributed by atoms with Gasteiger partial charge in [0.05, 0.1) is 28.0 Å². The molecule has 2 N–H and O–H groups in total. The Bertz CT molecular complexity index is 1180. The van der Waals surface area contributed by atoms with Crippen LogP contribution in [0.25, 0.3) is 28.3 Å². The molecule has 148 valence electrons. The molecule has 10 heteroatoms. The minimum absolute atomic E-state index is 0.0343. The highest BCUT2D eigenvalue weighted by molar-refractivity contribution is 6.33. The highest BCUT2D eigenvalue weighted by Gasteiger charge is 2.40. The normalized spacial score (nSPS) is 11.8. The number of aromatic nitrogens is 3.